The molecule has 0 aliphatic carbocycles. The largest absolute Gasteiger partial charge is 0.465 e. The van der Waals surface area contributed by atoms with Crippen LogP contribution in [-0.4, -0.2) is 18.6 Å². The molecule has 21 heavy (non-hydrogen) atoms. The SMILES string of the molecule is CCOC(=O)[C@H](C)NPOOc1ccc2ccccc2c1. The van der Waals surface area contributed by atoms with Gasteiger partial charge in [-0.05, 0) is 36.8 Å². The van der Waals surface area contributed by atoms with E-state index in [1.165, 1.54) is 0 Å². The summed E-state index contributed by atoms with van der Waals surface area (Å²) in [6.45, 7) is 3.85. The Morgan fingerprint density at radius 2 is 2.00 bits per heavy atom. The van der Waals surface area contributed by atoms with Gasteiger partial charge >= 0.3 is 5.97 Å². The zero-order valence-electron chi connectivity index (χ0n) is 12.0. The van der Waals surface area contributed by atoms with Crippen LogP contribution in [0.15, 0.2) is 42.5 Å². The summed E-state index contributed by atoms with van der Waals surface area (Å²) >= 11 is 0. The van der Waals surface area contributed by atoms with Crippen LogP contribution in [0.2, 0.25) is 0 Å². The fraction of sp³-hybridized carbons (Fsp3) is 0.267. The molecule has 1 unspecified atom stereocenters. The molecule has 0 spiro atoms. The highest BCUT2D eigenvalue weighted by atomic mass is 31.1. The highest BCUT2D eigenvalue weighted by Crippen LogP contribution is 2.22. The first-order valence-electron chi connectivity index (χ1n) is 6.70. The second-order valence-electron chi connectivity index (χ2n) is 4.40. The number of rotatable bonds is 7. The molecular weight excluding hydrogens is 289 g/mol. The molecule has 2 aromatic carbocycles. The number of carbonyl (C=O) groups is 1. The molecule has 0 saturated heterocycles. The van der Waals surface area contributed by atoms with Crippen LogP contribution in [0.1, 0.15) is 13.8 Å². The van der Waals surface area contributed by atoms with Gasteiger partial charge in [0.05, 0.1) is 6.61 Å². The van der Waals surface area contributed by atoms with Crippen LogP contribution in [0.25, 0.3) is 10.8 Å². The lowest BCUT2D eigenvalue weighted by Crippen LogP contribution is -2.30. The maximum absolute atomic E-state index is 11.4. The Balaban J connectivity index is 1.78. The number of hydrogen-bond acceptors (Lipinski definition) is 5. The van der Waals surface area contributed by atoms with E-state index in [4.69, 9.17) is 14.3 Å². The van der Waals surface area contributed by atoms with Crippen molar-refractivity contribution in [1.29, 1.82) is 0 Å². The highest BCUT2D eigenvalue weighted by molar-refractivity contribution is 7.29. The summed E-state index contributed by atoms with van der Waals surface area (Å²) in [5, 5.41) is 5.10. The molecule has 0 bridgehead atoms. The molecule has 0 amide bonds. The van der Waals surface area contributed by atoms with Gasteiger partial charge in [0.1, 0.15) is 15.0 Å². The van der Waals surface area contributed by atoms with Crippen LogP contribution in [0, 0.1) is 0 Å². The number of carbonyl (C=O) groups excluding carboxylic acids is 1. The standard InChI is InChI=1S/C15H18NO4P/c1-3-18-15(17)11(2)16-21-20-19-14-9-8-12-6-4-5-7-13(12)10-14/h4-11,16,21H,3H2,1-2H3/t11-/m0/s1. The minimum absolute atomic E-state index is 0.161. The van der Waals surface area contributed by atoms with Crippen LogP contribution < -0.4 is 9.97 Å². The molecule has 5 nitrogen and oxygen atoms in total. The summed E-state index contributed by atoms with van der Waals surface area (Å²) in [5.41, 5.74) is 0. The number of fused-ring (bicyclic) bond motifs is 1. The van der Waals surface area contributed by atoms with Gasteiger partial charge in [-0.2, -0.15) is 4.67 Å². The smallest absolute Gasteiger partial charge is 0.323 e. The molecule has 0 aromatic heterocycles. The third-order valence-corrected chi connectivity index (χ3v) is 3.53. The lowest BCUT2D eigenvalue weighted by Gasteiger charge is -2.12. The molecule has 0 fully saturated rings. The van der Waals surface area contributed by atoms with Crippen molar-refractivity contribution < 1.29 is 19.1 Å². The van der Waals surface area contributed by atoms with Gasteiger partial charge in [0.2, 0.25) is 0 Å². The second kappa shape index (κ2) is 7.93. The highest BCUT2D eigenvalue weighted by Gasteiger charge is 2.12. The van der Waals surface area contributed by atoms with Crippen molar-refractivity contribution >= 4 is 25.7 Å². The van der Waals surface area contributed by atoms with Crippen LogP contribution in [0.3, 0.4) is 0 Å². The summed E-state index contributed by atoms with van der Waals surface area (Å²) < 4.78 is 9.95. The Morgan fingerprint density at radius 3 is 2.76 bits per heavy atom. The molecule has 6 heteroatoms. The number of ether oxygens (including phenoxy) is 1. The maximum atomic E-state index is 11.4. The Kier molecular flexibility index (Phi) is 5.93. The minimum atomic E-state index is -0.427. The van der Waals surface area contributed by atoms with Gasteiger partial charge in [0.15, 0.2) is 5.75 Å². The van der Waals surface area contributed by atoms with E-state index in [1.807, 2.05) is 42.5 Å². The van der Waals surface area contributed by atoms with E-state index in [0.29, 0.717) is 12.4 Å². The molecular formula is C15H18NO4P. The van der Waals surface area contributed by atoms with E-state index in [1.54, 1.807) is 13.8 Å². The predicted octanol–water partition coefficient (Wildman–Crippen LogP) is 3.20. The quantitative estimate of drug-likeness (QED) is 0.280. The maximum Gasteiger partial charge on any atom is 0.323 e. The van der Waals surface area contributed by atoms with Crippen molar-refractivity contribution in [3.63, 3.8) is 0 Å². The van der Waals surface area contributed by atoms with Crippen molar-refractivity contribution in [1.82, 2.24) is 5.09 Å². The lowest BCUT2D eigenvalue weighted by atomic mass is 10.1. The van der Waals surface area contributed by atoms with Gasteiger partial charge in [0, 0.05) is 0 Å². The number of hydrogen-bond donors (Lipinski definition) is 1. The van der Waals surface area contributed by atoms with E-state index in [-0.39, 0.29) is 14.9 Å². The van der Waals surface area contributed by atoms with Crippen LogP contribution in [0.4, 0.5) is 0 Å². The Hall–Kier alpha value is -1.68. The van der Waals surface area contributed by atoms with E-state index in [0.717, 1.165) is 10.8 Å². The molecule has 2 atom stereocenters. The molecule has 2 aromatic rings. The van der Waals surface area contributed by atoms with Crippen molar-refractivity contribution in [3.8, 4) is 5.75 Å². The third-order valence-electron chi connectivity index (χ3n) is 2.82. The summed E-state index contributed by atoms with van der Waals surface area (Å²) in [6, 6.07) is 13.3. The van der Waals surface area contributed by atoms with Gasteiger partial charge in [0.25, 0.3) is 0 Å². The van der Waals surface area contributed by atoms with Crippen molar-refractivity contribution in [3.05, 3.63) is 42.5 Å². The van der Waals surface area contributed by atoms with Crippen LogP contribution in [-0.2, 0) is 14.2 Å². The Bertz CT molecular complexity index is 605. The van der Waals surface area contributed by atoms with Crippen molar-refractivity contribution in [2.24, 2.45) is 0 Å². The van der Waals surface area contributed by atoms with Crippen LogP contribution >= 0.6 is 8.96 Å². The molecule has 0 heterocycles. The summed E-state index contributed by atoms with van der Waals surface area (Å²) in [5.74, 6) is 0.311. The third kappa shape index (κ3) is 4.67. The minimum Gasteiger partial charge on any atom is -0.465 e. The zero-order chi connectivity index (χ0) is 15.1. The van der Waals surface area contributed by atoms with E-state index in [2.05, 4.69) is 5.09 Å². The van der Waals surface area contributed by atoms with Gasteiger partial charge in [-0.1, -0.05) is 30.3 Å². The predicted molar refractivity (Wildman–Crippen MR) is 83.2 cm³/mol. The first-order chi connectivity index (χ1) is 10.2. The van der Waals surface area contributed by atoms with Crippen molar-refractivity contribution in [2.45, 2.75) is 19.9 Å². The fourth-order valence-electron chi connectivity index (χ4n) is 1.73. The number of benzene rings is 2. The molecule has 0 radical (unpaired) electrons. The molecule has 0 aliphatic heterocycles. The van der Waals surface area contributed by atoms with Gasteiger partial charge < -0.3 is 9.62 Å². The average molecular weight is 307 g/mol. The van der Waals surface area contributed by atoms with Crippen molar-refractivity contribution in [2.75, 3.05) is 6.61 Å². The summed E-state index contributed by atoms with van der Waals surface area (Å²) in [7, 11) is -0.161. The molecule has 2 rings (SSSR count). The first-order valence-corrected chi connectivity index (χ1v) is 7.61. The first kappa shape index (κ1) is 15.7. The Labute approximate surface area is 125 Å². The lowest BCUT2D eigenvalue weighted by molar-refractivity contribution is -0.144. The van der Waals surface area contributed by atoms with Crippen LogP contribution in [0.5, 0.6) is 5.75 Å². The molecule has 1 N–H and O–H groups in total. The summed E-state index contributed by atoms with van der Waals surface area (Å²) in [6.07, 6.45) is 0. The average Bonchev–Trinajstić information content (AvgIpc) is 2.51. The van der Waals surface area contributed by atoms with Gasteiger partial charge in [-0.25, -0.2) is 0 Å². The van der Waals surface area contributed by atoms with E-state index < -0.39 is 6.04 Å². The van der Waals surface area contributed by atoms with E-state index in [9.17, 15) is 4.79 Å². The molecule has 0 saturated carbocycles. The number of nitrogens with one attached hydrogen (secondary N) is 1. The topological polar surface area (TPSA) is 56.8 Å². The van der Waals surface area contributed by atoms with E-state index >= 15 is 0 Å². The fourth-order valence-corrected chi connectivity index (χ4v) is 2.21. The zero-order valence-corrected chi connectivity index (χ0v) is 13.0. The monoisotopic (exact) mass is 307 g/mol. The molecule has 112 valence electrons. The van der Waals surface area contributed by atoms with Gasteiger partial charge in [-0.15, -0.1) is 0 Å². The van der Waals surface area contributed by atoms with Gasteiger partial charge in [-0.3, -0.25) is 9.88 Å². The molecule has 0 aliphatic rings. The Morgan fingerprint density at radius 1 is 1.24 bits per heavy atom. The second-order valence-corrected chi connectivity index (χ2v) is 5.06. The summed E-state index contributed by atoms with van der Waals surface area (Å²) in [4.78, 5) is 16.6. The number of esters is 1. The normalized spacial score (nSPS) is 12.7.